The first-order chi connectivity index (χ1) is 11.2. The predicted octanol–water partition coefficient (Wildman–Crippen LogP) is -2.10. The minimum Gasteiger partial charge on any atom is -0.387 e. The van der Waals surface area contributed by atoms with Crippen LogP contribution in [-0.4, -0.2) is 63.1 Å². The Morgan fingerprint density at radius 3 is 2.75 bits per heavy atom. The van der Waals surface area contributed by atoms with E-state index in [0.29, 0.717) is 0 Å². The summed E-state index contributed by atoms with van der Waals surface area (Å²) in [6, 6.07) is 0. The summed E-state index contributed by atoms with van der Waals surface area (Å²) in [5.74, 6) is 0.0332. The van der Waals surface area contributed by atoms with E-state index in [9.17, 15) is 18.6 Å². The Morgan fingerprint density at radius 1 is 1.38 bits per heavy atom. The van der Waals surface area contributed by atoms with Gasteiger partial charge in [-0.15, -0.1) is 0 Å². The Kier molecular flexibility index (Phi) is 4.33. The zero-order valence-electron chi connectivity index (χ0n) is 11.9. The molecule has 132 valence electrons. The highest BCUT2D eigenvalue weighted by molar-refractivity contribution is 7.84. The van der Waals surface area contributed by atoms with Crippen molar-refractivity contribution in [3.8, 4) is 0 Å². The number of aliphatic hydroxyl groups excluding tert-OH is 2. The van der Waals surface area contributed by atoms with Crippen LogP contribution in [0.3, 0.4) is 0 Å². The Hall–Kier alpha value is -1.61. The molecule has 0 aliphatic carbocycles. The second-order valence-electron chi connectivity index (χ2n) is 5.03. The van der Waals surface area contributed by atoms with E-state index in [-0.39, 0.29) is 22.3 Å². The van der Waals surface area contributed by atoms with Crippen molar-refractivity contribution in [2.45, 2.75) is 24.5 Å². The quantitative estimate of drug-likeness (QED) is 0.427. The largest absolute Gasteiger partial charge is 0.387 e. The highest BCUT2D eigenvalue weighted by atomic mass is 35.5. The summed E-state index contributed by atoms with van der Waals surface area (Å²) in [6.07, 6.45) is -3.83. The van der Waals surface area contributed by atoms with Crippen molar-refractivity contribution >= 4 is 38.9 Å². The first-order valence-corrected chi connectivity index (χ1v) is 8.36. The highest BCUT2D eigenvalue weighted by Crippen LogP contribution is 2.32. The maximum atomic E-state index is 10.8. The monoisotopic (exact) mass is 380 g/mol. The fourth-order valence-corrected chi connectivity index (χ4v) is 2.85. The van der Waals surface area contributed by atoms with E-state index >= 15 is 0 Å². The summed E-state index contributed by atoms with van der Waals surface area (Å²) in [4.78, 5) is 11.7. The Balaban J connectivity index is 1.90. The van der Waals surface area contributed by atoms with Crippen molar-refractivity contribution in [3.63, 3.8) is 0 Å². The number of fused-ring (bicyclic) bond motifs is 1. The van der Waals surface area contributed by atoms with Crippen LogP contribution in [0.25, 0.3) is 11.2 Å². The van der Waals surface area contributed by atoms with E-state index < -0.39 is 41.5 Å². The summed E-state index contributed by atoms with van der Waals surface area (Å²) < 4.78 is 32.8. The third-order valence-corrected chi connectivity index (χ3v) is 4.06. The number of rotatable bonds is 4. The lowest BCUT2D eigenvalue weighted by molar-refractivity contribution is -0.0467. The molecule has 2 unspecified atom stereocenters. The van der Waals surface area contributed by atoms with Gasteiger partial charge in [0, 0.05) is 0 Å². The number of nitrogens with zero attached hydrogens (tertiary/aromatic N) is 4. The molecule has 3 heterocycles. The van der Waals surface area contributed by atoms with Gasteiger partial charge in [0.1, 0.15) is 23.8 Å². The zero-order chi connectivity index (χ0) is 17.6. The molecule has 1 aliphatic heterocycles. The number of aliphatic hydroxyl groups is 2. The number of aromatic nitrogens is 4. The molecular weight excluding hydrogens is 368 g/mol. The van der Waals surface area contributed by atoms with Gasteiger partial charge in [-0.1, -0.05) is 0 Å². The normalized spacial score (nSPS) is 27.8. The van der Waals surface area contributed by atoms with Gasteiger partial charge in [0.05, 0.1) is 12.9 Å². The Bertz CT molecular complexity index is 874. The van der Waals surface area contributed by atoms with E-state index in [2.05, 4.69) is 19.1 Å². The lowest BCUT2D eigenvalue weighted by Gasteiger charge is -2.16. The van der Waals surface area contributed by atoms with Crippen LogP contribution in [0.2, 0.25) is 5.28 Å². The lowest BCUT2D eigenvalue weighted by Crippen LogP contribution is -2.35. The predicted molar refractivity (Wildman–Crippen MR) is 79.7 cm³/mol. The van der Waals surface area contributed by atoms with Gasteiger partial charge >= 0.3 is 10.3 Å². The molecule has 1 fully saturated rings. The second-order valence-corrected chi connectivity index (χ2v) is 6.58. The van der Waals surface area contributed by atoms with Gasteiger partial charge in [0.25, 0.3) is 0 Å². The molecule has 24 heavy (non-hydrogen) atoms. The summed E-state index contributed by atoms with van der Waals surface area (Å²) in [6.45, 7) is -0.571. The molecule has 14 heteroatoms. The van der Waals surface area contributed by atoms with Crippen molar-refractivity contribution in [2.24, 2.45) is 5.14 Å². The number of anilines is 1. The Labute approximate surface area is 140 Å². The van der Waals surface area contributed by atoms with E-state index in [1.165, 1.54) is 10.9 Å². The smallest absolute Gasteiger partial charge is 0.333 e. The van der Waals surface area contributed by atoms with E-state index in [1.54, 1.807) is 0 Å². The zero-order valence-corrected chi connectivity index (χ0v) is 13.4. The minimum atomic E-state index is -4.22. The van der Waals surface area contributed by atoms with Gasteiger partial charge in [-0.3, -0.25) is 8.75 Å². The number of hydrogen-bond acceptors (Lipinski definition) is 10. The first kappa shape index (κ1) is 17.2. The molecule has 2 aromatic rings. The van der Waals surface area contributed by atoms with Crippen molar-refractivity contribution in [1.82, 2.24) is 19.5 Å². The molecule has 0 aromatic carbocycles. The maximum absolute atomic E-state index is 10.8. The summed E-state index contributed by atoms with van der Waals surface area (Å²) in [7, 11) is -4.22. The van der Waals surface area contributed by atoms with Crippen LogP contribution >= 0.6 is 11.6 Å². The lowest BCUT2D eigenvalue weighted by atomic mass is 10.1. The van der Waals surface area contributed by atoms with Gasteiger partial charge in [-0.05, 0) is 11.6 Å². The fraction of sp³-hybridized carbons (Fsp3) is 0.500. The van der Waals surface area contributed by atoms with Crippen LogP contribution in [0.15, 0.2) is 6.33 Å². The van der Waals surface area contributed by atoms with E-state index in [1.807, 2.05) is 0 Å². The molecule has 0 saturated carbocycles. The van der Waals surface area contributed by atoms with Gasteiger partial charge in [0.15, 0.2) is 17.7 Å². The van der Waals surface area contributed by atoms with Gasteiger partial charge in [0.2, 0.25) is 5.28 Å². The molecule has 6 N–H and O–H groups in total. The molecule has 2 aromatic heterocycles. The molecule has 0 spiro atoms. The standard InChI is InChI=1S/C10H13ClN6O6S/c11-10-15-7(12)4-8(16-10)17(2-14-4)9-6(19)5(18)3(23-9)1-22-24(13,20)21/h2-3,5-6,9,18-19H,1H2,(H2,12,15,16)(H2,13,20,21)/t3-,5?,6?,9-/m1/s1. The van der Waals surface area contributed by atoms with Crippen molar-refractivity contribution in [3.05, 3.63) is 11.6 Å². The van der Waals surface area contributed by atoms with Gasteiger partial charge < -0.3 is 20.7 Å². The first-order valence-electron chi connectivity index (χ1n) is 6.51. The van der Waals surface area contributed by atoms with E-state index in [0.717, 1.165) is 0 Å². The van der Waals surface area contributed by atoms with Crippen LogP contribution in [0.4, 0.5) is 5.82 Å². The topological polar surface area (TPSA) is 189 Å². The molecule has 3 rings (SSSR count). The van der Waals surface area contributed by atoms with Crippen molar-refractivity contribution in [1.29, 1.82) is 0 Å². The third-order valence-electron chi connectivity index (χ3n) is 3.43. The number of halogens is 1. The van der Waals surface area contributed by atoms with Crippen LogP contribution < -0.4 is 10.9 Å². The van der Waals surface area contributed by atoms with Crippen LogP contribution in [0.5, 0.6) is 0 Å². The van der Waals surface area contributed by atoms with E-state index in [4.69, 9.17) is 27.2 Å². The summed E-state index contributed by atoms with van der Waals surface area (Å²) >= 11 is 5.76. The summed E-state index contributed by atoms with van der Waals surface area (Å²) in [5, 5.41) is 24.7. The number of imidazole rings is 1. The molecule has 4 atom stereocenters. The van der Waals surface area contributed by atoms with Crippen LogP contribution in [0.1, 0.15) is 6.23 Å². The molecule has 0 bridgehead atoms. The maximum Gasteiger partial charge on any atom is 0.333 e. The fourth-order valence-electron chi connectivity index (χ4n) is 2.36. The highest BCUT2D eigenvalue weighted by Gasteiger charge is 2.45. The van der Waals surface area contributed by atoms with Crippen LogP contribution in [0, 0.1) is 0 Å². The number of nitrogen functional groups attached to an aromatic ring is 1. The van der Waals surface area contributed by atoms with Gasteiger partial charge in [-0.25, -0.2) is 10.1 Å². The molecule has 1 aliphatic rings. The Morgan fingerprint density at radius 2 is 2.08 bits per heavy atom. The SMILES string of the molecule is Nc1nc(Cl)nc2c1ncn2[C@@H]1O[C@H](COS(N)(=O)=O)C(O)C1O. The number of hydrogen-bond donors (Lipinski definition) is 4. The van der Waals surface area contributed by atoms with Crippen molar-refractivity contribution < 1.29 is 27.6 Å². The average molecular weight is 381 g/mol. The minimum absolute atomic E-state index is 0.0332. The molecular formula is C10H13ClN6O6S. The number of ether oxygens (including phenoxy) is 1. The van der Waals surface area contributed by atoms with Gasteiger partial charge in [-0.2, -0.15) is 18.4 Å². The molecule has 0 radical (unpaired) electrons. The van der Waals surface area contributed by atoms with Crippen LogP contribution in [-0.2, 0) is 19.2 Å². The second kappa shape index (κ2) is 6.03. The molecule has 12 nitrogen and oxygen atoms in total. The molecule has 1 saturated heterocycles. The summed E-state index contributed by atoms with van der Waals surface area (Å²) in [5.41, 5.74) is 6.10. The van der Waals surface area contributed by atoms with Crippen molar-refractivity contribution in [2.75, 3.05) is 12.3 Å². The third kappa shape index (κ3) is 3.14. The molecule has 0 amide bonds. The number of nitrogens with two attached hydrogens (primary N) is 2. The average Bonchev–Trinajstić information content (AvgIpc) is 3.00.